The number of anilines is 2. The molecule has 1 aliphatic rings. The minimum atomic E-state index is -3.29. The Labute approximate surface area is 216 Å². The summed E-state index contributed by atoms with van der Waals surface area (Å²) in [6, 6.07) is 20.8. The normalized spacial score (nSPS) is 13.6. The van der Waals surface area contributed by atoms with E-state index in [-0.39, 0.29) is 11.3 Å². The highest BCUT2D eigenvalue weighted by molar-refractivity contribution is 7.93. The number of hydrogen-bond acceptors (Lipinski definition) is 5. The van der Waals surface area contributed by atoms with Crippen LogP contribution in [0.1, 0.15) is 12.8 Å². The van der Waals surface area contributed by atoms with Gasteiger partial charge in [-0.05, 0) is 86.6 Å². The second-order valence-corrected chi connectivity index (χ2v) is 11.4. The van der Waals surface area contributed by atoms with Crippen LogP contribution in [0, 0.1) is 0 Å². The van der Waals surface area contributed by atoms with Crippen LogP contribution in [0.4, 0.5) is 16.2 Å². The summed E-state index contributed by atoms with van der Waals surface area (Å²) in [6.07, 6.45) is 3.21. The minimum absolute atomic E-state index is 0.230. The van der Waals surface area contributed by atoms with Gasteiger partial charge in [0.1, 0.15) is 6.33 Å². The largest absolute Gasteiger partial charge is 0.337 e. The quantitative estimate of drug-likeness (QED) is 0.307. The zero-order valence-electron chi connectivity index (χ0n) is 20.8. The average molecular weight is 519 g/mol. The molecule has 0 spiro atoms. The predicted octanol–water partition coefficient (Wildman–Crippen LogP) is 4.28. The number of nitrogens with zero attached hydrogens (tertiary/aromatic N) is 3. The van der Waals surface area contributed by atoms with Gasteiger partial charge in [0.2, 0.25) is 10.0 Å². The SMILES string of the molecule is CN(C)CCNC(=O)Nc1ccc(-c2ccc3ncn(-c4ccc(NS(=O)(=O)C5CC5)cc4)c3c2)cc1. The van der Waals surface area contributed by atoms with E-state index in [1.165, 1.54) is 0 Å². The number of sulfonamides is 1. The Hall–Kier alpha value is -3.89. The van der Waals surface area contributed by atoms with Gasteiger partial charge in [-0.1, -0.05) is 18.2 Å². The molecular formula is C27H30N6O3S. The maximum atomic E-state index is 12.2. The fourth-order valence-electron chi connectivity index (χ4n) is 4.02. The fourth-order valence-corrected chi connectivity index (χ4v) is 5.41. The minimum Gasteiger partial charge on any atom is -0.337 e. The summed E-state index contributed by atoms with van der Waals surface area (Å²) in [6.45, 7) is 1.35. The number of urea groups is 1. The van der Waals surface area contributed by atoms with Crippen molar-refractivity contribution in [3.05, 3.63) is 73.1 Å². The molecule has 3 aromatic carbocycles. The highest BCUT2D eigenvalue weighted by atomic mass is 32.2. The van der Waals surface area contributed by atoms with Crippen molar-refractivity contribution in [3.8, 4) is 16.8 Å². The lowest BCUT2D eigenvalue weighted by Gasteiger charge is -2.12. The topological polar surface area (TPSA) is 108 Å². The molecule has 1 heterocycles. The van der Waals surface area contributed by atoms with Crippen LogP contribution in [0.15, 0.2) is 73.1 Å². The summed E-state index contributed by atoms with van der Waals surface area (Å²) < 4.78 is 29.1. The van der Waals surface area contributed by atoms with Crippen molar-refractivity contribution in [2.24, 2.45) is 0 Å². The number of hydrogen-bond donors (Lipinski definition) is 3. The van der Waals surface area contributed by atoms with Gasteiger partial charge in [-0.25, -0.2) is 18.2 Å². The van der Waals surface area contributed by atoms with Crippen LogP contribution in [0.2, 0.25) is 0 Å². The second-order valence-electron chi connectivity index (χ2n) is 9.47. The van der Waals surface area contributed by atoms with E-state index in [1.54, 1.807) is 18.5 Å². The monoisotopic (exact) mass is 518 g/mol. The van der Waals surface area contributed by atoms with Gasteiger partial charge in [-0.2, -0.15) is 0 Å². The third-order valence-electron chi connectivity index (χ3n) is 6.24. The lowest BCUT2D eigenvalue weighted by molar-refractivity contribution is 0.250. The number of aromatic nitrogens is 2. The van der Waals surface area contributed by atoms with Gasteiger partial charge in [0, 0.05) is 30.2 Å². The Balaban J connectivity index is 1.30. The number of likely N-dealkylation sites (N-methyl/N-ethyl adjacent to an activating group) is 1. The molecule has 192 valence electrons. The van der Waals surface area contributed by atoms with E-state index in [4.69, 9.17) is 0 Å². The van der Waals surface area contributed by atoms with E-state index in [0.717, 1.165) is 52.9 Å². The molecule has 0 saturated heterocycles. The average Bonchev–Trinajstić information content (AvgIpc) is 3.66. The number of rotatable bonds is 9. The van der Waals surface area contributed by atoms with Gasteiger partial charge >= 0.3 is 6.03 Å². The first-order valence-corrected chi connectivity index (χ1v) is 13.7. The Morgan fingerprint density at radius 3 is 2.32 bits per heavy atom. The molecule has 1 saturated carbocycles. The van der Waals surface area contributed by atoms with Crippen LogP contribution in [-0.4, -0.2) is 61.3 Å². The van der Waals surface area contributed by atoms with Gasteiger partial charge in [-0.15, -0.1) is 0 Å². The molecule has 2 amide bonds. The van der Waals surface area contributed by atoms with Crippen molar-refractivity contribution in [2.75, 3.05) is 37.2 Å². The summed E-state index contributed by atoms with van der Waals surface area (Å²) in [5, 5.41) is 5.42. The van der Waals surface area contributed by atoms with Crippen LogP contribution in [0.25, 0.3) is 27.8 Å². The zero-order chi connectivity index (χ0) is 26.0. The van der Waals surface area contributed by atoms with Crippen molar-refractivity contribution < 1.29 is 13.2 Å². The van der Waals surface area contributed by atoms with Crippen molar-refractivity contribution in [1.29, 1.82) is 0 Å². The standard InChI is InChI=1S/C27H30N6O3S/c1-32(2)16-15-28-27(34)30-21-6-3-19(4-7-21)20-5-14-25-26(17-20)33(18-29-25)23-10-8-22(9-11-23)31-37(35,36)24-12-13-24/h3-11,14,17-18,24,31H,12-13,15-16H2,1-2H3,(H2,28,30,34). The van der Waals surface area contributed by atoms with Crippen molar-refractivity contribution >= 4 is 38.5 Å². The Kier molecular flexibility index (Phi) is 6.86. The van der Waals surface area contributed by atoms with Gasteiger partial charge < -0.3 is 15.5 Å². The highest BCUT2D eigenvalue weighted by Gasteiger charge is 2.35. The maximum absolute atomic E-state index is 12.2. The molecule has 0 bridgehead atoms. The summed E-state index contributed by atoms with van der Waals surface area (Å²) >= 11 is 0. The number of imidazole rings is 1. The van der Waals surface area contributed by atoms with Crippen LogP contribution in [0.5, 0.6) is 0 Å². The second kappa shape index (κ2) is 10.2. The van der Waals surface area contributed by atoms with Crippen molar-refractivity contribution in [1.82, 2.24) is 19.8 Å². The van der Waals surface area contributed by atoms with E-state index >= 15 is 0 Å². The number of carbonyl (C=O) groups excluding carboxylic acids is 1. The number of benzene rings is 3. The van der Waals surface area contributed by atoms with Crippen LogP contribution in [-0.2, 0) is 10.0 Å². The van der Waals surface area contributed by atoms with Gasteiger partial charge in [0.15, 0.2) is 0 Å². The first kappa shape index (κ1) is 24.8. The molecule has 37 heavy (non-hydrogen) atoms. The van der Waals surface area contributed by atoms with E-state index in [0.29, 0.717) is 12.2 Å². The van der Waals surface area contributed by atoms with Crippen LogP contribution < -0.4 is 15.4 Å². The lowest BCUT2D eigenvalue weighted by Crippen LogP contribution is -2.34. The first-order chi connectivity index (χ1) is 17.8. The summed E-state index contributed by atoms with van der Waals surface area (Å²) in [5.41, 5.74) is 5.98. The molecule has 9 nitrogen and oxygen atoms in total. The molecule has 1 fully saturated rings. The highest BCUT2D eigenvalue weighted by Crippen LogP contribution is 2.30. The molecule has 0 unspecified atom stereocenters. The number of nitrogens with one attached hydrogen (secondary N) is 3. The van der Waals surface area contributed by atoms with Crippen molar-refractivity contribution in [2.45, 2.75) is 18.1 Å². The molecule has 4 aromatic rings. The lowest BCUT2D eigenvalue weighted by atomic mass is 10.0. The molecule has 0 radical (unpaired) electrons. The molecule has 3 N–H and O–H groups in total. The van der Waals surface area contributed by atoms with Gasteiger partial charge in [0.05, 0.1) is 16.3 Å². The number of fused-ring (bicyclic) bond motifs is 1. The van der Waals surface area contributed by atoms with E-state index in [2.05, 4.69) is 26.4 Å². The molecule has 0 aliphatic heterocycles. The maximum Gasteiger partial charge on any atom is 0.319 e. The smallest absolute Gasteiger partial charge is 0.319 e. The molecule has 5 rings (SSSR count). The predicted molar refractivity (Wildman–Crippen MR) is 148 cm³/mol. The summed E-state index contributed by atoms with van der Waals surface area (Å²) in [4.78, 5) is 18.6. The Bertz CT molecular complexity index is 1510. The summed E-state index contributed by atoms with van der Waals surface area (Å²) in [5.74, 6) is 0. The Morgan fingerprint density at radius 1 is 0.973 bits per heavy atom. The molecule has 10 heteroatoms. The molecular weight excluding hydrogens is 488 g/mol. The molecule has 1 aliphatic carbocycles. The van der Waals surface area contributed by atoms with Gasteiger partial charge in [-0.3, -0.25) is 9.29 Å². The fraction of sp³-hybridized carbons (Fsp3) is 0.259. The van der Waals surface area contributed by atoms with Crippen molar-refractivity contribution in [3.63, 3.8) is 0 Å². The zero-order valence-corrected chi connectivity index (χ0v) is 21.6. The Morgan fingerprint density at radius 2 is 1.65 bits per heavy atom. The van der Waals surface area contributed by atoms with E-state index < -0.39 is 10.0 Å². The van der Waals surface area contributed by atoms with Gasteiger partial charge in [0.25, 0.3) is 0 Å². The van der Waals surface area contributed by atoms with E-state index in [9.17, 15) is 13.2 Å². The number of carbonyl (C=O) groups is 1. The molecule has 1 aromatic heterocycles. The summed E-state index contributed by atoms with van der Waals surface area (Å²) in [7, 11) is 0.626. The van der Waals surface area contributed by atoms with Crippen LogP contribution in [0.3, 0.4) is 0 Å². The van der Waals surface area contributed by atoms with Crippen LogP contribution >= 0.6 is 0 Å². The number of amides is 2. The van der Waals surface area contributed by atoms with E-state index in [1.807, 2.05) is 72.1 Å². The third-order valence-corrected chi connectivity index (χ3v) is 8.11. The first-order valence-electron chi connectivity index (χ1n) is 12.2. The molecule has 0 atom stereocenters. The third kappa shape index (κ3) is 5.92.